The summed E-state index contributed by atoms with van der Waals surface area (Å²) >= 11 is 10.4. The lowest BCUT2D eigenvalue weighted by Gasteiger charge is -2.11. The van der Waals surface area contributed by atoms with Gasteiger partial charge in [-0.05, 0) is 105 Å². The topological polar surface area (TPSA) is 93.8 Å². The number of carbonyl (C=O) groups excluding carboxylic acids is 1. The van der Waals surface area contributed by atoms with Gasteiger partial charge in [0.1, 0.15) is 12.4 Å². The molecule has 3 rings (SSSR count). The number of rotatable bonds is 7. The van der Waals surface area contributed by atoms with Crippen LogP contribution in [0.5, 0.6) is 5.75 Å². The highest BCUT2D eigenvalue weighted by molar-refractivity contribution is 14.1. The van der Waals surface area contributed by atoms with E-state index in [9.17, 15) is 14.9 Å². The summed E-state index contributed by atoms with van der Waals surface area (Å²) in [6.07, 6.45) is 1.55. The standard InChI is InChI=1S/C22H16ClI2N3O4/c1-13-2-7-17(18(23)8-13)22(29)27-26-11-15-9-19(24)21(20(25)10-15)32-12-14-3-5-16(6-4-14)28(30)31/h2-11H,12H2,1H3,(H,27,29)/b26-11-. The van der Waals surface area contributed by atoms with Gasteiger partial charge in [0.15, 0.2) is 0 Å². The Morgan fingerprint density at radius 2 is 1.81 bits per heavy atom. The summed E-state index contributed by atoms with van der Waals surface area (Å²) in [5.74, 6) is 0.316. The van der Waals surface area contributed by atoms with Crippen molar-refractivity contribution in [3.05, 3.63) is 99.1 Å². The van der Waals surface area contributed by atoms with Crippen LogP contribution < -0.4 is 10.2 Å². The molecule has 0 aliphatic carbocycles. The Morgan fingerprint density at radius 3 is 2.41 bits per heavy atom. The van der Waals surface area contributed by atoms with Gasteiger partial charge in [-0.2, -0.15) is 5.10 Å². The van der Waals surface area contributed by atoms with Crippen molar-refractivity contribution in [3.63, 3.8) is 0 Å². The van der Waals surface area contributed by atoms with E-state index >= 15 is 0 Å². The largest absolute Gasteiger partial charge is 0.487 e. The van der Waals surface area contributed by atoms with Crippen LogP contribution in [0.3, 0.4) is 0 Å². The molecular formula is C22H16ClI2N3O4. The molecule has 7 nitrogen and oxygen atoms in total. The molecule has 0 atom stereocenters. The van der Waals surface area contributed by atoms with Crippen LogP contribution >= 0.6 is 56.8 Å². The van der Waals surface area contributed by atoms with E-state index in [1.54, 1.807) is 30.5 Å². The molecule has 0 bridgehead atoms. The molecule has 0 spiro atoms. The second-order valence-corrected chi connectivity index (χ2v) is 9.44. The quantitative estimate of drug-likeness (QED) is 0.142. The lowest BCUT2D eigenvalue weighted by atomic mass is 10.1. The third-order valence-electron chi connectivity index (χ3n) is 4.30. The van der Waals surface area contributed by atoms with Crippen molar-refractivity contribution in [1.82, 2.24) is 5.43 Å². The van der Waals surface area contributed by atoms with Gasteiger partial charge in [-0.25, -0.2) is 5.43 Å². The number of non-ortho nitro benzene ring substituents is 1. The fraction of sp³-hybridized carbons (Fsp3) is 0.0909. The van der Waals surface area contributed by atoms with E-state index in [4.69, 9.17) is 16.3 Å². The summed E-state index contributed by atoms with van der Waals surface area (Å²) in [6, 6.07) is 15.2. The SMILES string of the molecule is Cc1ccc(C(=O)N/N=C\c2cc(I)c(OCc3ccc([N+](=O)[O-])cc3)c(I)c2)c(Cl)c1. The zero-order chi connectivity index (χ0) is 23.3. The molecule has 0 saturated heterocycles. The van der Waals surface area contributed by atoms with Crippen molar-refractivity contribution in [3.8, 4) is 5.75 Å². The average Bonchev–Trinajstić information content (AvgIpc) is 2.73. The molecule has 32 heavy (non-hydrogen) atoms. The van der Waals surface area contributed by atoms with Gasteiger partial charge in [-0.1, -0.05) is 17.7 Å². The number of amides is 1. The summed E-state index contributed by atoms with van der Waals surface area (Å²) in [4.78, 5) is 22.6. The summed E-state index contributed by atoms with van der Waals surface area (Å²) in [5, 5.41) is 15.2. The highest BCUT2D eigenvalue weighted by Gasteiger charge is 2.11. The van der Waals surface area contributed by atoms with Crippen LogP contribution in [0.25, 0.3) is 0 Å². The first kappa shape index (κ1) is 24.4. The van der Waals surface area contributed by atoms with Crippen molar-refractivity contribution in [2.24, 2.45) is 5.10 Å². The number of hydrazone groups is 1. The molecule has 3 aromatic carbocycles. The maximum atomic E-state index is 12.3. The molecule has 0 aliphatic heterocycles. The van der Waals surface area contributed by atoms with Gasteiger partial charge >= 0.3 is 0 Å². The van der Waals surface area contributed by atoms with Crippen LogP contribution in [0.4, 0.5) is 5.69 Å². The Morgan fingerprint density at radius 1 is 1.16 bits per heavy atom. The van der Waals surface area contributed by atoms with Gasteiger partial charge in [0.2, 0.25) is 0 Å². The Hall–Kier alpha value is -2.25. The van der Waals surface area contributed by atoms with Gasteiger partial charge in [0, 0.05) is 12.1 Å². The second-order valence-electron chi connectivity index (χ2n) is 6.71. The fourth-order valence-electron chi connectivity index (χ4n) is 2.69. The minimum atomic E-state index is -0.436. The molecule has 0 saturated carbocycles. The van der Waals surface area contributed by atoms with E-state index in [2.05, 4.69) is 55.7 Å². The van der Waals surface area contributed by atoms with E-state index in [0.717, 1.165) is 23.8 Å². The van der Waals surface area contributed by atoms with E-state index in [0.29, 0.717) is 16.3 Å². The summed E-state index contributed by atoms with van der Waals surface area (Å²) < 4.78 is 7.65. The maximum absolute atomic E-state index is 12.3. The van der Waals surface area contributed by atoms with Gasteiger partial charge in [-0.15, -0.1) is 0 Å². The molecule has 0 unspecified atom stereocenters. The minimum Gasteiger partial charge on any atom is -0.487 e. The normalized spacial score (nSPS) is 10.9. The Kier molecular flexibility index (Phi) is 8.43. The number of nitrogens with zero attached hydrogens (tertiary/aromatic N) is 2. The van der Waals surface area contributed by atoms with E-state index < -0.39 is 10.8 Å². The smallest absolute Gasteiger partial charge is 0.272 e. The van der Waals surface area contributed by atoms with E-state index in [-0.39, 0.29) is 12.3 Å². The van der Waals surface area contributed by atoms with Gasteiger partial charge in [-0.3, -0.25) is 14.9 Å². The lowest BCUT2D eigenvalue weighted by molar-refractivity contribution is -0.384. The predicted octanol–water partition coefficient (Wildman–Crippen LogP) is 6.11. The van der Waals surface area contributed by atoms with E-state index in [1.165, 1.54) is 12.1 Å². The predicted molar refractivity (Wildman–Crippen MR) is 141 cm³/mol. The van der Waals surface area contributed by atoms with Crippen LogP contribution in [0.1, 0.15) is 27.0 Å². The molecule has 3 aromatic rings. The molecule has 0 fully saturated rings. The summed E-state index contributed by atoms with van der Waals surface area (Å²) in [5.41, 5.74) is 5.46. The number of nitro benzene ring substituents is 1. The lowest BCUT2D eigenvalue weighted by Crippen LogP contribution is -2.18. The molecule has 164 valence electrons. The molecule has 1 amide bonds. The highest BCUT2D eigenvalue weighted by atomic mass is 127. The first-order chi connectivity index (χ1) is 15.2. The van der Waals surface area contributed by atoms with Crippen LogP contribution in [0, 0.1) is 24.2 Å². The Balaban J connectivity index is 1.64. The monoisotopic (exact) mass is 675 g/mol. The molecule has 0 aromatic heterocycles. The third kappa shape index (κ3) is 6.39. The first-order valence-corrected chi connectivity index (χ1v) is 11.7. The van der Waals surface area contributed by atoms with Crippen LogP contribution in [0.2, 0.25) is 5.02 Å². The Labute approximate surface area is 216 Å². The summed E-state index contributed by atoms with van der Waals surface area (Å²) in [6.45, 7) is 2.18. The van der Waals surface area contributed by atoms with Crippen molar-refractivity contribution < 1.29 is 14.5 Å². The fourth-order valence-corrected chi connectivity index (χ4v) is 5.14. The highest BCUT2D eigenvalue weighted by Crippen LogP contribution is 2.29. The third-order valence-corrected chi connectivity index (χ3v) is 6.22. The van der Waals surface area contributed by atoms with Crippen LogP contribution in [-0.2, 0) is 6.61 Å². The zero-order valence-electron chi connectivity index (χ0n) is 16.6. The van der Waals surface area contributed by atoms with Crippen molar-refractivity contribution >= 4 is 74.6 Å². The number of nitro groups is 1. The van der Waals surface area contributed by atoms with Crippen LogP contribution in [-0.4, -0.2) is 17.0 Å². The number of hydrogen-bond acceptors (Lipinski definition) is 5. The number of hydrogen-bond donors (Lipinski definition) is 1. The number of benzene rings is 3. The molecular weight excluding hydrogens is 660 g/mol. The summed E-state index contributed by atoms with van der Waals surface area (Å²) in [7, 11) is 0. The number of halogens is 3. The van der Waals surface area contributed by atoms with Crippen molar-refractivity contribution in [2.75, 3.05) is 0 Å². The second kappa shape index (κ2) is 11.1. The molecule has 1 N–H and O–H groups in total. The van der Waals surface area contributed by atoms with Gasteiger partial charge < -0.3 is 4.74 Å². The maximum Gasteiger partial charge on any atom is 0.272 e. The molecule has 0 aliphatic rings. The van der Waals surface area contributed by atoms with Gasteiger partial charge in [0.05, 0.1) is 28.9 Å². The number of nitrogens with one attached hydrogen (secondary N) is 1. The van der Waals surface area contributed by atoms with E-state index in [1.807, 2.05) is 25.1 Å². The number of aryl methyl sites for hydroxylation is 1. The molecule has 10 heteroatoms. The van der Waals surface area contributed by atoms with Gasteiger partial charge in [0.25, 0.3) is 11.6 Å². The van der Waals surface area contributed by atoms with Crippen LogP contribution in [0.15, 0.2) is 59.7 Å². The number of ether oxygens (including phenoxy) is 1. The van der Waals surface area contributed by atoms with Crippen molar-refractivity contribution in [1.29, 1.82) is 0 Å². The average molecular weight is 676 g/mol. The molecule has 0 radical (unpaired) electrons. The number of carbonyl (C=O) groups is 1. The molecule has 0 heterocycles. The minimum absolute atomic E-state index is 0.0401. The Bertz CT molecular complexity index is 1180. The van der Waals surface area contributed by atoms with Crippen molar-refractivity contribution in [2.45, 2.75) is 13.5 Å². The first-order valence-electron chi connectivity index (χ1n) is 9.19. The zero-order valence-corrected chi connectivity index (χ0v) is 21.7.